The van der Waals surface area contributed by atoms with Gasteiger partial charge in [-0.3, -0.25) is 0 Å². The Labute approximate surface area is 317 Å². The summed E-state index contributed by atoms with van der Waals surface area (Å²) >= 11 is 12.5. The minimum atomic E-state index is -0.264. The van der Waals surface area contributed by atoms with Gasteiger partial charge in [0.15, 0.2) is 0 Å². The van der Waals surface area contributed by atoms with E-state index in [4.69, 9.17) is 32.7 Å². The predicted octanol–water partition coefficient (Wildman–Crippen LogP) is 14.2. The SMILES string of the molecule is CC(C)(C)Cc1ccccc1.CC(C)(C)c1ccc(OCc2cccc(F)c2)c(Cl)c1.Cc1ccc(COc2ccc(C(C)(C)C)cc2Cl)cc1. The molecule has 272 valence electrons. The Morgan fingerprint density at radius 3 is 1.41 bits per heavy atom. The van der Waals surface area contributed by atoms with Crippen LogP contribution in [0, 0.1) is 18.2 Å². The maximum Gasteiger partial charge on any atom is 0.138 e. The first-order chi connectivity index (χ1) is 23.8. The Hall–Kier alpha value is -3.79. The van der Waals surface area contributed by atoms with Crippen LogP contribution < -0.4 is 9.47 Å². The molecule has 0 fully saturated rings. The third-order valence-corrected chi connectivity index (χ3v) is 8.56. The first kappa shape index (κ1) is 41.6. The summed E-state index contributed by atoms with van der Waals surface area (Å²) in [6.45, 7) is 22.6. The fourth-order valence-corrected chi connectivity index (χ4v) is 5.48. The molecule has 0 amide bonds. The van der Waals surface area contributed by atoms with Crippen LogP contribution in [-0.4, -0.2) is 0 Å². The molecular weight excluding hydrogens is 674 g/mol. The first-order valence-electron chi connectivity index (χ1n) is 17.5. The van der Waals surface area contributed by atoms with E-state index in [0.29, 0.717) is 34.4 Å². The second kappa shape index (κ2) is 18.6. The van der Waals surface area contributed by atoms with Crippen molar-refractivity contribution in [3.8, 4) is 11.5 Å². The van der Waals surface area contributed by atoms with Gasteiger partial charge in [0, 0.05) is 0 Å². The quantitative estimate of drug-likeness (QED) is 0.166. The molecule has 5 aromatic rings. The van der Waals surface area contributed by atoms with Gasteiger partial charge in [-0.1, -0.05) is 170 Å². The molecule has 0 saturated heterocycles. The van der Waals surface area contributed by atoms with E-state index in [1.54, 1.807) is 6.07 Å². The second-order valence-electron chi connectivity index (χ2n) is 16.2. The van der Waals surface area contributed by atoms with Crippen molar-refractivity contribution in [1.29, 1.82) is 0 Å². The number of hydrogen-bond acceptors (Lipinski definition) is 2. The van der Waals surface area contributed by atoms with Crippen LogP contribution in [0.3, 0.4) is 0 Å². The van der Waals surface area contributed by atoms with Crippen molar-refractivity contribution in [2.75, 3.05) is 0 Å². The number of aryl methyl sites for hydroxylation is 1. The van der Waals surface area contributed by atoms with Gasteiger partial charge in [-0.05, 0) is 93.8 Å². The van der Waals surface area contributed by atoms with E-state index in [0.717, 1.165) is 28.9 Å². The molecule has 0 radical (unpaired) electrons. The molecule has 0 heterocycles. The van der Waals surface area contributed by atoms with Gasteiger partial charge in [-0.25, -0.2) is 4.39 Å². The first-order valence-corrected chi connectivity index (χ1v) is 18.3. The Morgan fingerprint density at radius 1 is 0.510 bits per heavy atom. The summed E-state index contributed by atoms with van der Waals surface area (Å²) in [6, 6.07) is 37.1. The monoisotopic (exact) mass is 728 g/mol. The van der Waals surface area contributed by atoms with E-state index in [1.165, 1.54) is 28.8 Å². The highest BCUT2D eigenvalue weighted by Crippen LogP contribution is 2.33. The summed E-state index contributed by atoms with van der Waals surface area (Å²) in [4.78, 5) is 0. The largest absolute Gasteiger partial charge is 0.487 e. The standard InChI is InChI=1S/C18H21ClO.C17H18ClFO.C11H16/c1-13-5-7-14(8-6-13)12-20-17-10-9-15(11-16(17)19)18(2,3)4;1-17(2,3)13-7-8-16(15(18)10-13)20-11-12-5-4-6-14(19)9-12;1-11(2,3)9-10-7-5-4-6-8-10/h5-11H,12H2,1-4H3;4-10H,11H2,1-3H3;4-8H,9H2,1-3H3. The molecule has 2 nitrogen and oxygen atoms in total. The molecule has 0 spiro atoms. The molecule has 5 aromatic carbocycles. The summed E-state index contributed by atoms with van der Waals surface area (Å²) in [5, 5.41) is 1.25. The van der Waals surface area contributed by atoms with Crippen LogP contribution >= 0.6 is 23.2 Å². The zero-order valence-corrected chi connectivity index (χ0v) is 33.6. The van der Waals surface area contributed by atoms with Crippen LogP contribution in [0.5, 0.6) is 11.5 Å². The number of hydrogen-bond donors (Lipinski definition) is 0. The Balaban J connectivity index is 0.000000216. The number of halogens is 3. The van der Waals surface area contributed by atoms with Gasteiger partial charge in [0.05, 0.1) is 10.0 Å². The fraction of sp³-hybridized carbons (Fsp3) is 0.348. The molecule has 0 saturated carbocycles. The maximum absolute atomic E-state index is 13.1. The molecule has 0 bridgehead atoms. The minimum Gasteiger partial charge on any atom is -0.487 e. The lowest BCUT2D eigenvalue weighted by Crippen LogP contribution is -2.10. The molecule has 0 aliphatic heterocycles. The van der Waals surface area contributed by atoms with Crippen molar-refractivity contribution >= 4 is 23.2 Å². The van der Waals surface area contributed by atoms with Gasteiger partial charge in [0.2, 0.25) is 0 Å². The van der Waals surface area contributed by atoms with E-state index in [2.05, 4.69) is 130 Å². The molecule has 0 aromatic heterocycles. The second-order valence-corrected chi connectivity index (χ2v) is 17.0. The van der Waals surface area contributed by atoms with E-state index in [-0.39, 0.29) is 16.6 Å². The molecule has 5 rings (SSSR count). The summed E-state index contributed by atoms with van der Waals surface area (Å²) < 4.78 is 24.5. The molecule has 0 unspecified atom stereocenters. The van der Waals surface area contributed by atoms with Gasteiger partial charge in [-0.15, -0.1) is 0 Å². The summed E-state index contributed by atoms with van der Waals surface area (Å²) in [5.74, 6) is 1.09. The Morgan fingerprint density at radius 2 is 0.980 bits per heavy atom. The van der Waals surface area contributed by atoms with Crippen molar-refractivity contribution < 1.29 is 13.9 Å². The van der Waals surface area contributed by atoms with E-state index in [9.17, 15) is 4.39 Å². The normalized spacial score (nSPS) is 11.5. The average molecular weight is 730 g/mol. The molecule has 0 aliphatic carbocycles. The van der Waals surface area contributed by atoms with Crippen molar-refractivity contribution in [3.63, 3.8) is 0 Å². The number of ether oxygens (including phenoxy) is 2. The topological polar surface area (TPSA) is 18.5 Å². The van der Waals surface area contributed by atoms with E-state index >= 15 is 0 Å². The van der Waals surface area contributed by atoms with E-state index < -0.39 is 0 Å². The average Bonchev–Trinajstić information content (AvgIpc) is 3.04. The Bertz CT molecular complexity index is 1800. The third kappa shape index (κ3) is 15.2. The minimum absolute atomic E-state index is 0.0464. The fourth-order valence-electron chi connectivity index (χ4n) is 5.01. The lowest BCUT2D eigenvalue weighted by Gasteiger charge is -2.20. The van der Waals surface area contributed by atoms with Crippen LogP contribution in [0.15, 0.2) is 115 Å². The molecule has 5 heteroatoms. The third-order valence-electron chi connectivity index (χ3n) is 7.97. The van der Waals surface area contributed by atoms with Crippen LogP contribution in [0.1, 0.15) is 95.7 Å². The van der Waals surface area contributed by atoms with Crippen LogP contribution in [0.2, 0.25) is 10.0 Å². The van der Waals surface area contributed by atoms with Crippen LogP contribution in [-0.2, 0) is 30.5 Å². The van der Waals surface area contributed by atoms with Gasteiger partial charge in [0.25, 0.3) is 0 Å². The van der Waals surface area contributed by atoms with Crippen molar-refractivity contribution in [2.24, 2.45) is 5.41 Å². The smallest absolute Gasteiger partial charge is 0.138 e. The number of rotatable bonds is 7. The molecule has 0 aliphatic rings. The lowest BCUT2D eigenvalue weighted by molar-refractivity contribution is 0.305. The van der Waals surface area contributed by atoms with Crippen LogP contribution in [0.4, 0.5) is 4.39 Å². The van der Waals surface area contributed by atoms with Gasteiger partial charge in [0.1, 0.15) is 30.5 Å². The Kier molecular flexibility index (Phi) is 15.2. The van der Waals surface area contributed by atoms with Gasteiger partial charge in [-0.2, -0.15) is 0 Å². The van der Waals surface area contributed by atoms with Crippen molar-refractivity contribution in [3.05, 3.63) is 165 Å². The van der Waals surface area contributed by atoms with Crippen molar-refractivity contribution in [2.45, 2.75) is 99.7 Å². The molecule has 0 N–H and O–H groups in total. The highest BCUT2D eigenvalue weighted by Gasteiger charge is 2.17. The lowest BCUT2D eigenvalue weighted by atomic mass is 9.87. The highest BCUT2D eigenvalue weighted by molar-refractivity contribution is 6.32. The molecular formula is C46H55Cl2FO2. The summed E-state index contributed by atoms with van der Waals surface area (Å²) in [5.41, 5.74) is 7.52. The summed E-state index contributed by atoms with van der Waals surface area (Å²) in [7, 11) is 0. The highest BCUT2D eigenvalue weighted by atomic mass is 35.5. The maximum atomic E-state index is 13.1. The van der Waals surface area contributed by atoms with Gasteiger partial charge < -0.3 is 9.47 Å². The summed E-state index contributed by atoms with van der Waals surface area (Å²) in [6.07, 6.45) is 1.16. The zero-order valence-electron chi connectivity index (χ0n) is 32.0. The molecule has 51 heavy (non-hydrogen) atoms. The van der Waals surface area contributed by atoms with Crippen LogP contribution in [0.25, 0.3) is 0 Å². The number of benzene rings is 5. The predicted molar refractivity (Wildman–Crippen MR) is 216 cm³/mol. The van der Waals surface area contributed by atoms with Crippen molar-refractivity contribution in [1.82, 2.24) is 0 Å². The molecule has 0 atom stereocenters. The zero-order chi connectivity index (χ0) is 37.8. The van der Waals surface area contributed by atoms with Gasteiger partial charge >= 0.3 is 0 Å². The van der Waals surface area contributed by atoms with E-state index in [1.807, 2.05) is 36.4 Å².